The summed E-state index contributed by atoms with van der Waals surface area (Å²) in [7, 11) is 0. The Morgan fingerprint density at radius 2 is 1.41 bits per heavy atom. The van der Waals surface area contributed by atoms with E-state index in [0.717, 1.165) is 17.8 Å². The summed E-state index contributed by atoms with van der Waals surface area (Å²) in [5, 5.41) is 0. The van der Waals surface area contributed by atoms with Crippen LogP contribution in [0.1, 0.15) is 88.2 Å². The molecular formula is C34H38Cl2Zr. The fourth-order valence-electron chi connectivity index (χ4n) is 9.74. The molecule has 0 aromatic heterocycles. The normalized spacial score (nSPS) is 30.4. The molecule has 4 bridgehead atoms. The molecule has 37 heavy (non-hydrogen) atoms. The molecule has 0 atom stereocenters. The van der Waals surface area contributed by atoms with Gasteiger partial charge in [0.1, 0.15) is 0 Å². The van der Waals surface area contributed by atoms with E-state index in [1.807, 2.05) is 15.3 Å². The SMILES string of the molecule is C1=[C]([Zr+2](=[C]2CCCCC2)[c]2cccc3c2Cc2ccccc2-3)CC=C1C12CC3CC(CC(C3)C1)C2.[Cl-].[Cl-]. The molecule has 9 rings (SSSR count). The maximum Gasteiger partial charge on any atom is -1.00 e. The topological polar surface area (TPSA) is 0 Å². The average Bonchev–Trinajstić information content (AvgIpc) is 3.51. The van der Waals surface area contributed by atoms with Gasteiger partial charge < -0.3 is 24.8 Å². The third kappa shape index (κ3) is 4.39. The van der Waals surface area contributed by atoms with E-state index in [9.17, 15) is 0 Å². The monoisotopic (exact) mass is 606 g/mol. The molecular weight excluding hydrogens is 571 g/mol. The first kappa shape index (κ1) is 26.5. The molecule has 2 aromatic carbocycles. The summed E-state index contributed by atoms with van der Waals surface area (Å²) in [6.07, 6.45) is 24.5. The van der Waals surface area contributed by atoms with E-state index in [4.69, 9.17) is 0 Å². The molecule has 0 saturated heterocycles. The molecule has 5 fully saturated rings. The summed E-state index contributed by atoms with van der Waals surface area (Å²) in [6.45, 7) is 0. The van der Waals surface area contributed by atoms with Crippen LogP contribution < -0.4 is 28.1 Å². The van der Waals surface area contributed by atoms with Crippen LogP contribution in [-0.2, 0) is 27.7 Å². The fourth-order valence-corrected chi connectivity index (χ4v) is 18.2. The van der Waals surface area contributed by atoms with Crippen molar-refractivity contribution in [2.45, 2.75) is 83.5 Å². The van der Waals surface area contributed by atoms with E-state index in [1.165, 1.54) is 69.8 Å². The first-order valence-electron chi connectivity index (χ1n) is 14.6. The Bertz CT molecular complexity index is 1270. The first-order chi connectivity index (χ1) is 17.3. The van der Waals surface area contributed by atoms with Gasteiger partial charge in [-0.15, -0.1) is 0 Å². The molecule has 2 aromatic rings. The molecule has 0 unspecified atom stereocenters. The van der Waals surface area contributed by atoms with Crippen molar-refractivity contribution in [2.24, 2.45) is 23.2 Å². The van der Waals surface area contributed by atoms with Crippen molar-refractivity contribution in [1.29, 1.82) is 0 Å². The minimum Gasteiger partial charge on any atom is -1.00 e. The molecule has 7 aliphatic rings. The number of halogens is 2. The predicted molar refractivity (Wildman–Crippen MR) is 144 cm³/mol. The van der Waals surface area contributed by atoms with Gasteiger partial charge in [-0.1, -0.05) is 0 Å². The Labute approximate surface area is 243 Å². The predicted octanol–water partition coefficient (Wildman–Crippen LogP) is 2.08. The van der Waals surface area contributed by atoms with E-state index in [1.54, 1.807) is 36.0 Å². The Morgan fingerprint density at radius 3 is 2.14 bits per heavy atom. The third-order valence-electron chi connectivity index (χ3n) is 10.8. The molecule has 0 aliphatic heterocycles. The Kier molecular flexibility index (Phi) is 7.40. The number of fused-ring (bicyclic) bond motifs is 3. The van der Waals surface area contributed by atoms with Crippen LogP contribution >= 0.6 is 0 Å². The van der Waals surface area contributed by atoms with Gasteiger partial charge in [-0.3, -0.25) is 0 Å². The second-order valence-corrected chi connectivity index (χ2v) is 19.4. The van der Waals surface area contributed by atoms with Crippen LogP contribution in [0.4, 0.5) is 0 Å². The van der Waals surface area contributed by atoms with E-state index in [-0.39, 0.29) is 24.8 Å². The summed E-state index contributed by atoms with van der Waals surface area (Å²) < 4.78 is 5.80. The van der Waals surface area contributed by atoms with Gasteiger partial charge in [0.2, 0.25) is 0 Å². The zero-order valence-corrected chi connectivity index (χ0v) is 25.8. The van der Waals surface area contributed by atoms with Crippen molar-refractivity contribution < 1.29 is 46.1 Å². The van der Waals surface area contributed by atoms with Crippen molar-refractivity contribution in [3.8, 4) is 11.1 Å². The standard InChI is InChI=1S/C15H19.C13H9.C6H10.2ClH.Zr/c1-2-4-14(3-1)15-8-11-5-12(9-15)7-13(6-11)10-15;1-3-7-12-10(5-1)9-11-6-2-4-8-13(11)12;1-2-4-6-5-3-1;;;/h3-4,11-13H,1,5-10H2;1-5,7-8H,9H2;1-5H2;2*1H;/q;;;;;+2/p-2. The van der Waals surface area contributed by atoms with Gasteiger partial charge in [-0.2, -0.15) is 0 Å². The average molecular weight is 609 g/mol. The van der Waals surface area contributed by atoms with Crippen molar-refractivity contribution >= 4 is 6.48 Å². The minimum absolute atomic E-state index is 0. The molecule has 0 N–H and O–H groups in total. The van der Waals surface area contributed by atoms with Gasteiger partial charge in [0.15, 0.2) is 0 Å². The molecule has 0 nitrogen and oxygen atoms in total. The Hall–Kier alpha value is -0.747. The van der Waals surface area contributed by atoms with E-state index in [2.05, 4.69) is 54.6 Å². The quantitative estimate of drug-likeness (QED) is 0.428. The van der Waals surface area contributed by atoms with Crippen molar-refractivity contribution in [1.82, 2.24) is 0 Å². The number of rotatable bonds is 3. The maximum atomic E-state index is 2.85. The first-order valence-corrected chi connectivity index (χ1v) is 18.3. The molecule has 7 aliphatic carbocycles. The molecule has 0 amide bonds. The zero-order valence-electron chi connectivity index (χ0n) is 21.9. The molecule has 3 heteroatoms. The van der Waals surface area contributed by atoms with Gasteiger partial charge in [0.25, 0.3) is 0 Å². The minimum atomic E-state index is -2.09. The summed E-state index contributed by atoms with van der Waals surface area (Å²) in [6, 6.07) is 16.6. The van der Waals surface area contributed by atoms with Crippen molar-refractivity contribution in [3.05, 3.63) is 74.6 Å². The Balaban J connectivity index is 0.00000126. The van der Waals surface area contributed by atoms with E-state index in [0.29, 0.717) is 5.41 Å². The molecule has 0 heterocycles. The van der Waals surface area contributed by atoms with Crippen LogP contribution in [0.2, 0.25) is 0 Å². The van der Waals surface area contributed by atoms with Crippen LogP contribution in [0.25, 0.3) is 11.1 Å². The van der Waals surface area contributed by atoms with Crippen LogP contribution in [0.5, 0.6) is 0 Å². The molecule has 0 spiro atoms. The number of hydrogen-bond donors (Lipinski definition) is 0. The van der Waals surface area contributed by atoms with Crippen molar-refractivity contribution in [3.63, 3.8) is 0 Å². The smallest absolute Gasteiger partial charge is 1.00 e. The van der Waals surface area contributed by atoms with Crippen LogP contribution in [0.3, 0.4) is 0 Å². The summed E-state index contributed by atoms with van der Waals surface area (Å²) in [5.41, 5.74) is 8.71. The summed E-state index contributed by atoms with van der Waals surface area (Å²) in [5.74, 6) is 3.13. The van der Waals surface area contributed by atoms with Gasteiger partial charge in [-0.25, -0.2) is 0 Å². The van der Waals surface area contributed by atoms with Crippen LogP contribution in [0, 0.1) is 23.2 Å². The zero-order chi connectivity index (χ0) is 23.0. The van der Waals surface area contributed by atoms with E-state index < -0.39 is 21.3 Å². The van der Waals surface area contributed by atoms with E-state index >= 15 is 0 Å². The number of hydrogen-bond acceptors (Lipinski definition) is 0. The molecule has 192 valence electrons. The Morgan fingerprint density at radius 1 is 0.730 bits per heavy atom. The molecule has 5 saturated carbocycles. The second kappa shape index (κ2) is 10.3. The maximum absolute atomic E-state index is 2.85. The second-order valence-electron chi connectivity index (χ2n) is 12.9. The van der Waals surface area contributed by atoms with Crippen molar-refractivity contribution in [2.75, 3.05) is 0 Å². The van der Waals surface area contributed by atoms with Gasteiger partial charge >= 0.3 is 220 Å². The van der Waals surface area contributed by atoms with Crippen LogP contribution in [-0.4, -0.2) is 3.21 Å². The third-order valence-corrected chi connectivity index (χ3v) is 18.7. The largest absolute Gasteiger partial charge is 1.00 e. The summed E-state index contributed by atoms with van der Waals surface area (Å²) >= 11 is -2.09. The molecule has 0 radical (unpaired) electrons. The van der Waals surface area contributed by atoms with Gasteiger partial charge in [-0.05, 0) is 0 Å². The number of benzene rings is 2. The van der Waals surface area contributed by atoms with Gasteiger partial charge in [0, 0.05) is 0 Å². The van der Waals surface area contributed by atoms with Crippen LogP contribution in [0.15, 0.2) is 63.5 Å². The number of allylic oxidation sites excluding steroid dienone is 4. The fraction of sp³-hybridized carbons (Fsp3) is 0.500. The summed E-state index contributed by atoms with van der Waals surface area (Å²) in [4.78, 5) is 0. The van der Waals surface area contributed by atoms with Gasteiger partial charge in [0.05, 0.1) is 0 Å².